The fourth-order valence-corrected chi connectivity index (χ4v) is 3.22. The highest BCUT2D eigenvalue weighted by molar-refractivity contribution is 5.71. The quantitative estimate of drug-likeness (QED) is 0.721. The predicted molar refractivity (Wildman–Crippen MR) is 97.3 cm³/mol. The van der Waals surface area contributed by atoms with Gasteiger partial charge in [-0.15, -0.1) is 0 Å². The fraction of sp³-hybridized carbons (Fsp3) is 0.200. The number of hydrogen-bond acceptors (Lipinski definition) is 4. The zero-order valence-corrected chi connectivity index (χ0v) is 13.8. The van der Waals surface area contributed by atoms with E-state index in [1.54, 1.807) is 12.4 Å². The summed E-state index contributed by atoms with van der Waals surface area (Å²) in [5.41, 5.74) is 5.87. The van der Waals surface area contributed by atoms with Crippen LogP contribution >= 0.6 is 0 Å². The summed E-state index contributed by atoms with van der Waals surface area (Å²) in [4.78, 5) is 13.4. The van der Waals surface area contributed by atoms with Crippen molar-refractivity contribution in [2.45, 2.75) is 6.54 Å². The second kappa shape index (κ2) is 6.42. The smallest absolute Gasteiger partial charge is 0.0885 e. The highest BCUT2D eigenvalue weighted by atomic mass is 15.2. The second-order valence-corrected chi connectivity index (χ2v) is 6.16. The number of likely N-dealkylation sites (N-methyl/N-ethyl adjacent to an activating group) is 1. The van der Waals surface area contributed by atoms with E-state index in [4.69, 9.17) is 0 Å². The van der Waals surface area contributed by atoms with Crippen molar-refractivity contribution in [2.24, 2.45) is 0 Å². The molecule has 2 aromatic carbocycles. The maximum Gasteiger partial charge on any atom is 0.0885 e. The molecule has 3 aromatic rings. The first-order valence-electron chi connectivity index (χ1n) is 8.22. The standard InChI is InChI=1S/C20H20N4/c1-23-11-12-24(18-5-3-2-4-6-18)20-8-7-16(13-17(20)15-23)19-14-21-9-10-22-19/h2-10,13-14H,11-12,15H2,1H3. The van der Waals surface area contributed by atoms with Crippen molar-refractivity contribution in [1.29, 1.82) is 0 Å². The van der Waals surface area contributed by atoms with Gasteiger partial charge in [0.05, 0.1) is 11.9 Å². The Balaban J connectivity index is 1.79. The first kappa shape index (κ1) is 14.8. The van der Waals surface area contributed by atoms with Crippen molar-refractivity contribution < 1.29 is 0 Å². The summed E-state index contributed by atoms with van der Waals surface area (Å²) in [6.07, 6.45) is 5.26. The van der Waals surface area contributed by atoms with Crippen molar-refractivity contribution in [3.05, 3.63) is 72.7 Å². The Kier molecular flexibility index (Phi) is 3.97. The van der Waals surface area contributed by atoms with Gasteiger partial charge >= 0.3 is 0 Å². The van der Waals surface area contributed by atoms with Crippen LogP contribution in [0.2, 0.25) is 0 Å². The van der Waals surface area contributed by atoms with Gasteiger partial charge < -0.3 is 9.80 Å². The van der Waals surface area contributed by atoms with Gasteiger partial charge in [-0.3, -0.25) is 9.97 Å². The van der Waals surface area contributed by atoms with Crippen LogP contribution in [-0.4, -0.2) is 35.0 Å². The van der Waals surface area contributed by atoms with E-state index < -0.39 is 0 Å². The van der Waals surface area contributed by atoms with Crippen LogP contribution in [0.5, 0.6) is 0 Å². The Hall–Kier alpha value is -2.72. The Morgan fingerprint density at radius 1 is 0.958 bits per heavy atom. The van der Waals surface area contributed by atoms with E-state index >= 15 is 0 Å². The average molecular weight is 316 g/mol. The molecule has 4 heteroatoms. The third-order valence-electron chi connectivity index (χ3n) is 4.44. The zero-order valence-electron chi connectivity index (χ0n) is 13.8. The SMILES string of the molecule is CN1CCN(c2ccccc2)c2ccc(-c3cnccn3)cc2C1. The van der Waals surface area contributed by atoms with Crippen LogP contribution in [0, 0.1) is 0 Å². The van der Waals surface area contributed by atoms with Gasteiger partial charge in [-0.2, -0.15) is 0 Å². The Morgan fingerprint density at radius 2 is 1.83 bits per heavy atom. The predicted octanol–water partition coefficient (Wildman–Crippen LogP) is 3.73. The molecule has 1 aromatic heterocycles. The molecular formula is C20H20N4. The molecule has 120 valence electrons. The van der Waals surface area contributed by atoms with Gasteiger partial charge in [-0.1, -0.05) is 24.3 Å². The van der Waals surface area contributed by atoms with E-state index in [2.05, 4.69) is 75.3 Å². The molecule has 0 spiro atoms. The number of hydrogen-bond donors (Lipinski definition) is 0. The van der Waals surface area contributed by atoms with E-state index in [0.29, 0.717) is 0 Å². The number of benzene rings is 2. The number of rotatable bonds is 2. The molecule has 0 aliphatic carbocycles. The number of aromatic nitrogens is 2. The van der Waals surface area contributed by atoms with Crippen LogP contribution in [0.4, 0.5) is 11.4 Å². The lowest BCUT2D eigenvalue weighted by atomic mass is 10.0. The van der Waals surface area contributed by atoms with Crippen LogP contribution in [-0.2, 0) is 6.54 Å². The highest BCUT2D eigenvalue weighted by Crippen LogP contribution is 2.33. The Bertz CT molecular complexity index is 818. The molecule has 1 aliphatic rings. The lowest BCUT2D eigenvalue weighted by molar-refractivity contribution is 0.343. The lowest BCUT2D eigenvalue weighted by Gasteiger charge is -2.25. The second-order valence-electron chi connectivity index (χ2n) is 6.16. The zero-order chi connectivity index (χ0) is 16.4. The molecule has 4 nitrogen and oxygen atoms in total. The van der Waals surface area contributed by atoms with Gasteiger partial charge in [-0.05, 0) is 36.9 Å². The summed E-state index contributed by atoms with van der Waals surface area (Å²) >= 11 is 0. The summed E-state index contributed by atoms with van der Waals surface area (Å²) in [5.74, 6) is 0. The van der Waals surface area contributed by atoms with Gasteiger partial charge in [0.25, 0.3) is 0 Å². The summed E-state index contributed by atoms with van der Waals surface area (Å²) in [6, 6.07) is 17.2. The minimum absolute atomic E-state index is 0.915. The minimum atomic E-state index is 0.915. The molecule has 2 heterocycles. The van der Waals surface area contributed by atoms with Crippen LogP contribution < -0.4 is 4.90 Å². The number of anilines is 2. The monoisotopic (exact) mass is 316 g/mol. The van der Waals surface area contributed by atoms with Gasteiger partial charge in [0.1, 0.15) is 0 Å². The van der Waals surface area contributed by atoms with Crippen LogP contribution in [0.15, 0.2) is 67.1 Å². The van der Waals surface area contributed by atoms with E-state index in [9.17, 15) is 0 Å². The third kappa shape index (κ3) is 2.88. The molecule has 1 aliphatic heterocycles. The Morgan fingerprint density at radius 3 is 2.62 bits per heavy atom. The summed E-state index contributed by atoms with van der Waals surface area (Å²) in [7, 11) is 2.17. The molecule has 0 fully saturated rings. The topological polar surface area (TPSA) is 32.3 Å². The maximum absolute atomic E-state index is 4.43. The maximum atomic E-state index is 4.43. The first-order valence-corrected chi connectivity index (χ1v) is 8.22. The normalized spacial score (nSPS) is 15.0. The molecule has 0 N–H and O–H groups in total. The molecule has 0 unspecified atom stereocenters. The van der Waals surface area contributed by atoms with Gasteiger partial charge in [-0.25, -0.2) is 0 Å². The molecule has 4 rings (SSSR count). The molecule has 0 saturated carbocycles. The van der Waals surface area contributed by atoms with Gasteiger partial charge in [0, 0.05) is 49.0 Å². The Labute approximate surface area is 142 Å². The van der Waals surface area contributed by atoms with Crippen molar-refractivity contribution >= 4 is 11.4 Å². The number of nitrogens with zero attached hydrogens (tertiary/aromatic N) is 4. The van der Waals surface area contributed by atoms with Crippen molar-refractivity contribution in [3.63, 3.8) is 0 Å². The van der Waals surface area contributed by atoms with E-state index in [1.807, 2.05) is 6.20 Å². The van der Waals surface area contributed by atoms with Crippen molar-refractivity contribution in [2.75, 3.05) is 25.0 Å². The first-order chi connectivity index (χ1) is 11.8. The van der Waals surface area contributed by atoms with Crippen LogP contribution in [0.25, 0.3) is 11.3 Å². The number of fused-ring (bicyclic) bond motifs is 1. The molecule has 0 bridgehead atoms. The van der Waals surface area contributed by atoms with Crippen LogP contribution in [0.1, 0.15) is 5.56 Å². The largest absolute Gasteiger partial charge is 0.340 e. The molecule has 0 radical (unpaired) electrons. The van der Waals surface area contributed by atoms with Crippen molar-refractivity contribution in [3.8, 4) is 11.3 Å². The summed E-state index contributed by atoms with van der Waals surface area (Å²) in [5, 5.41) is 0. The van der Waals surface area contributed by atoms with E-state index in [1.165, 1.54) is 16.9 Å². The van der Waals surface area contributed by atoms with Crippen LogP contribution in [0.3, 0.4) is 0 Å². The number of para-hydroxylation sites is 1. The molecule has 0 saturated heterocycles. The highest BCUT2D eigenvalue weighted by Gasteiger charge is 2.19. The summed E-state index contributed by atoms with van der Waals surface area (Å²) in [6.45, 7) is 2.95. The molecule has 0 amide bonds. The van der Waals surface area contributed by atoms with Crippen molar-refractivity contribution in [1.82, 2.24) is 14.9 Å². The third-order valence-corrected chi connectivity index (χ3v) is 4.44. The average Bonchev–Trinajstić information content (AvgIpc) is 2.80. The van der Waals surface area contributed by atoms with E-state index in [-0.39, 0.29) is 0 Å². The lowest BCUT2D eigenvalue weighted by Crippen LogP contribution is -2.26. The van der Waals surface area contributed by atoms with E-state index in [0.717, 1.165) is 30.9 Å². The summed E-state index contributed by atoms with van der Waals surface area (Å²) < 4.78 is 0. The van der Waals surface area contributed by atoms with Gasteiger partial charge in [0.15, 0.2) is 0 Å². The molecular weight excluding hydrogens is 296 g/mol. The minimum Gasteiger partial charge on any atom is -0.340 e. The molecule has 0 atom stereocenters. The molecule has 24 heavy (non-hydrogen) atoms. The van der Waals surface area contributed by atoms with Gasteiger partial charge in [0.2, 0.25) is 0 Å². The fourth-order valence-electron chi connectivity index (χ4n) is 3.22.